The van der Waals surface area contributed by atoms with Gasteiger partial charge in [0.1, 0.15) is 0 Å². The number of carbonyl (C=O) groups excluding carboxylic acids is 2. The molecular weight excluding hydrogens is 543 g/mol. The number of halogens is 5. The molecule has 0 unspecified atom stereocenters. The third kappa shape index (κ3) is 7.53. The van der Waals surface area contributed by atoms with Gasteiger partial charge in [0.2, 0.25) is 0 Å². The summed E-state index contributed by atoms with van der Waals surface area (Å²) < 4.78 is 69.4. The molecule has 1 saturated heterocycles. The molecule has 208 valence electrons. The Labute approximate surface area is 224 Å². The molecule has 3 aromatic rings. The van der Waals surface area contributed by atoms with Gasteiger partial charge in [0, 0.05) is 48.3 Å². The molecule has 14 heteroatoms. The summed E-state index contributed by atoms with van der Waals surface area (Å²) in [6, 6.07) is 6.15. The first-order valence-electron chi connectivity index (χ1n) is 12.0. The van der Waals surface area contributed by atoms with Crippen LogP contribution < -0.4 is 10.6 Å². The van der Waals surface area contributed by atoms with Crippen LogP contribution in [0, 0.1) is 6.92 Å². The molecule has 3 heterocycles. The lowest BCUT2D eigenvalue weighted by Crippen LogP contribution is -2.45. The van der Waals surface area contributed by atoms with E-state index in [2.05, 4.69) is 25.0 Å². The van der Waals surface area contributed by atoms with Gasteiger partial charge in [-0.15, -0.1) is 0 Å². The standard InChI is InChI=1S/C25H25F5N6O2S/c1-15-21(19(39-35-15)11-18-12-33-20(13-32-18)25(28,29)30)23(38)34-17-5-3-16(4-6-17)22(37)31-8-10-36-9-2-7-24(26,27)14-36/h3-6,12-13H,2,7-11,14H2,1H3,(H,31,37)(H,34,38). The third-order valence-corrected chi connectivity index (χ3v) is 7.02. The van der Waals surface area contributed by atoms with Crippen LogP contribution in [0.3, 0.4) is 0 Å². The number of piperidine rings is 1. The second kappa shape index (κ2) is 11.7. The fraction of sp³-hybridized carbons (Fsp3) is 0.400. The number of carbonyl (C=O) groups is 2. The lowest BCUT2D eigenvalue weighted by Gasteiger charge is -2.32. The molecule has 8 nitrogen and oxygen atoms in total. The van der Waals surface area contributed by atoms with Crippen LogP contribution in [0.15, 0.2) is 36.7 Å². The number of aromatic nitrogens is 3. The van der Waals surface area contributed by atoms with Crippen LogP contribution >= 0.6 is 11.5 Å². The molecule has 2 aromatic heterocycles. The molecule has 1 fully saturated rings. The average molecular weight is 569 g/mol. The Morgan fingerprint density at radius 2 is 1.85 bits per heavy atom. The Bertz CT molecular complexity index is 1310. The molecule has 2 N–H and O–H groups in total. The molecule has 0 aliphatic carbocycles. The van der Waals surface area contributed by atoms with Crippen molar-refractivity contribution in [2.45, 2.75) is 38.3 Å². The smallest absolute Gasteiger partial charge is 0.351 e. The van der Waals surface area contributed by atoms with E-state index < -0.39 is 23.7 Å². The maximum atomic E-state index is 13.5. The van der Waals surface area contributed by atoms with Crippen LogP contribution in [0.25, 0.3) is 0 Å². The van der Waals surface area contributed by atoms with Gasteiger partial charge < -0.3 is 10.6 Å². The van der Waals surface area contributed by atoms with E-state index in [0.717, 1.165) is 17.7 Å². The van der Waals surface area contributed by atoms with Crippen molar-refractivity contribution in [3.05, 3.63) is 69.7 Å². The summed E-state index contributed by atoms with van der Waals surface area (Å²) in [7, 11) is 0. The minimum atomic E-state index is -4.60. The average Bonchev–Trinajstić information content (AvgIpc) is 3.23. The quantitative estimate of drug-likeness (QED) is 0.387. The van der Waals surface area contributed by atoms with Gasteiger partial charge in [-0.05, 0) is 55.7 Å². The highest BCUT2D eigenvalue weighted by Crippen LogP contribution is 2.28. The van der Waals surface area contributed by atoms with Crippen LogP contribution in [0.1, 0.15) is 55.5 Å². The van der Waals surface area contributed by atoms with E-state index in [-0.39, 0.29) is 43.1 Å². The van der Waals surface area contributed by atoms with Gasteiger partial charge in [-0.25, -0.2) is 13.8 Å². The Kier molecular flexibility index (Phi) is 8.54. The first-order valence-corrected chi connectivity index (χ1v) is 12.8. The van der Waals surface area contributed by atoms with E-state index in [4.69, 9.17) is 0 Å². The number of aryl methyl sites for hydroxylation is 1. The molecule has 1 aromatic carbocycles. The number of amides is 2. The number of nitrogens with zero attached hydrogens (tertiary/aromatic N) is 4. The summed E-state index contributed by atoms with van der Waals surface area (Å²) >= 11 is 1.04. The van der Waals surface area contributed by atoms with E-state index in [9.17, 15) is 31.5 Å². The first-order chi connectivity index (χ1) is 18.4. The Morgan fingerprint density at radius 1 is 1.10 bits per heavy atom. The first kappa shape index (κ1) is 28.5. The van der Waals surface area contributed by atoms with Gasteiger partial charge in [0.25, 0.3) is 17.7 Å². The minimum Gasteiger partial charge on any atom is -0.351 e. The highest BCUT2D eigenvalue weighted by Gasteiger charge is 2.35. The monoisotopic (exact) mass is 568 g/mol. The van der Waals surface area contributed by atoms with Gasteiger partial charge in [0.15, 0.2) is 5.69 Å². The predicted octanol–water partition coefficient (Wildman–Crippen LogP) is 4.56. The molecule has 0 atom stereocenters. The number of alkyl halides is 5. The largest absolute Gasteiger partial charge is 0.434 e. The summed E-state index contributed by atoms with van der Waals surface area (Å²) in [6.45, 7) is 2.45. The fourth-order valence-electron chi connectivity index (χ4n) is 4.15. The van der Waals surface area contributed by atoms with E-state index >= 15 is 0 Å². The number of rotatable bonds is 8. The van der Waals surface area contributed by atoms with Crippen LogP contribution in [0.4, 0.5) is 27.6 Å². The van der Waals surface area contributed by atoms with Crippen LogP contribution in [-0.4, -0.2) is 63.2 Å². The SMILES string of the molecule is Cc1nsc(Cc2cnc(C(F)(F)F)cn2)c1C(=O)Nc1ccc(C(=O)NCCN2CCCC(F)(F)C2)cc1. The summed E-state index contributed by atoms with van der Waals surface area (Å²) in [5, 5.41) is 5.45. The third-order valence-electron chi connectivity index (χ3n) is 6.09. The van der Waals surface area contributed by atoms with Gasteiger partial charge in [0.05, 0.1) is 29.7 Å². The molecule has 39 heavy (non-hydrogen) atoms. The normalized spacial score (nSPS) is 15.6. The van der Waals surface area contributed by atoms with Gasteiger partial charge >= 0.3 is 6.18 Å². The molecule has 1 aliphatic heterocycles. The maximum Gasteiger partial charge on any atom is 0.434 e. The molecule has 0 bridgehead atoms. The number of benzene rings is 1. The van der Waals surface area contributed by atoms with Crippen LogP contribution in [-0.2, 0) is 12.6 Å². The van der Waals surface area contributed by atoms with E-state index in [0.29, 0.717) is 47.5 Å². The zero-order valence-electron chi connectivity index (χ0n) is 20.8. The van der Waals surface area contributed by atoms with Gasteiger partial charge in [-0.1, -0.05) is 0 Å². The van der Waals surface area contributed by atoms with Crippen molar-refractivity contribution < 1.29 is 31.5 Å². The topological polar surface area (TPSA) is 100 Å². The second-order valence-corrected chi connectivity index (χ2v) is 10.0. The molecule has 1 aliphatic rings. The Balaban J connectivity index is 1.32. The second-order valence-electron chi connectivity index (χ2n) is 9.16. The van der Waals surface area contributed by atoms with Crippen LogP contribution in [0.5, 0.6) is 0 Å². The highest BCUT2D eigenvalue weighted by atomic mass is 32.1. The van der Waals surface area contributed by atoms with Crippen molar-refractivity contribution in [2.24, 2.45) is 0 Å². The number of hydrogen-bond donors (Lipinski definition) is 2. The van der Waals surface area contributed by atoms with E-state index in [1.807, 2.05) is 0 Å². The van der Waals surface area contributed by atoms with Crippen molar-refractivity contribution in [1.29, 1.82) is 0 Å². The molecule has 0 spiro atoms. The zero-order chi connectivity index (χ0) is 28.2. The lowest BCUT2D eigenvalue weighted by atomic mass is 10.1. The Hall–Kier alpha value is -3.52. The van der Waals surface area contributed by atoms with Crippen molar-refractivity contribution in [1.82, 2.24) is 24.6 Å². The van der Waals surface area contributed by atoms with Crippen molar-refractivity contribution in [3.8, 4) is 0 Å². The highest BCUT2D eigenvalue weighted by molar-refractivity contribution is 7.06. The van der Waals surface area contributed by atoms with E-state index in [1.54, 1.807) is 24.0 Å². The molecular formula is C25H25F5N6O2S. The zero-order valence-corrected chi connectivity index (χ0v) is 21.6. The van der Waals surface area contributed by atoms with Crippen molar-refractivity contribution in [3.63, 3.8) is 0 Å². The Morgan fingerprint density at radius 3 is 2.49 bits per heavy atom. The summed E-state index contributed by atoms with van der Waals surface area (Å²) in [4.78, 5) is 34.8. The number of anilines is 1. The number of nitrogens with one attached hydrogen (secondary N) is 2. The van der Waals surface area contributed by atoms with Crippen LogP contribution in [0.2, 0.25) is 0 Å². The number of likely N-dealkylation sites (tertiary alicyclic amines) is 1. The summed E-state index contributed by atoms with van der Waals surface area (Å²) in [5.41, 5.74) is 0.644. The lowest BCUT2D eigenvalue weighted by molar-refractivity contribution is -0.141. The van der Waals surface area contributed by atoms with E-state index in [1.165, 1.54) is 12.1 Å². The summed E-state index contributed by atoms with van der Waals surface area (Å²) in [5.74, 6) is -3.53. The predicted molar refractivity (Wildman–Crippen MR) is 134 cm³/mol. The van der Waals surface area contributed by atoms with Crippen molar-refractivity contribution in [2.75, 3.05) is 31.5 Å². The maximum absolute atomic E-state index is 13.5. The minimum absolute atomic E-state index is 0.0770. The van der Waals surface area contributed by atoms with Gasteiger partial charge in [-0.3, -0.25) is 19.5 Å². The van der Waals surface area contributed by atoms with Gasteiger partial charge in [-0.2, -0.15) is 17.5 Å². The fourth-order valence-corrected chi connectivity index (χ4v) is 5.03. The molecule has 0 saturated carbocycles. The molecule has 4 rings (SSSR count). The molecule has 0 radical (unpaired) electrons. The summed E-state index contributed by atoms with van der Waals surface area (Å²) in [6.07, 6.45) is -2.55. The van der Waals surface area contributed by atoms with Crippen molar-refractivity contribution >= 4 is 29.0 Å². The molecule has 2 amide bonds. The number of hydrogen-bond acceptors (Lipinski definition) is 7.